The number of para-hydroxylation sites is 2. The number of nitrogens with zero attached hydrogens (tertiary/aromatic N) is 2. The van der Waals surface area contributed by atoms with Crippen molar-refractivity contribution < 1.29 is 4.57 Å². The number of hydrogen-bond acceptors (Lipinski definition) is 1. The SMILES string of the molecule is CC=CC1=C(C)c2n(-c3c(CC(C)C)cc4c(sc5ccccc54)c3CC(C)C)c3ccccc3[n+]2C(C)(CC)C1(C)CC. The van der Waals surface area contributed by atoms with Crippen molar-refractivity contribution in [2.75, 3.05) is 0 Å². The second kappa shape index (κ2) is 11.3. The molecule has 2 atom stereocenters. The van der Waals surface area contributed by atoms with Crippen molar-refractivity contribution in [3.05, 3.63) is 89.3 Å². The lowest BCUT2D eigenvalue weighted by atomic mass is 9.61. The van der Waals surface area contributed by atoms with E-state index in [2.05, 4.69) is 145 Å². The van der Waals surface area contributed by atoms with Crippen LogP contribution >= 0.6 is 11.3 Å². The van der Waals surface area contributed by atoms with Crippen LogP contribution in [-0.2, 0) is 18.4 Å². The quantitative estimate of drug-likeness (QED) is 0.156. The summed E-state index contributed by atoms with van der Waals surface area (Å²) in [5.41, 5.74) is 9.86. The molecule has 0 radical (unpaired) electrons. The highest BCUT2D eigenvalue weighted by atomic mass is 32.1. The maximum Gasteiger partial charge on any atom is 0.291 e. The molecule has 2 unspecified atom stereocenters. The molecule has 1 aliphatic rings. The van der Waals surface area contributed by atoms with Crippen LogP contribution < -0.4 is 4.57 Å². The first kappa shape index (κ1) is 30.8. The van der Waals surface area contributed by atoms with Gasteiger partial charge >= 0.3 is 0 Å². The lowest BCUT2D eigenvalue weighted by molar-refractivity contribution is -0.758. The molecular weight excluding hydrogens is 553 g/mol. The molecule has 2 aromatic heterocycles. The summed E-state index contributed by atoms with van der Waals surface area (Å²) in [7, 11) is 0. The van der Waals surface area contributed by atoms with Gasteiger partial charge in [-0.2, -0.15) is 4.57 Å². The van der Waals surface area contributed by atoms with Crippen molar-refractivity contribution in [2.45, 2.75) is 100 Å². The molecule has 5 aromatic rings. The molecule has 0 saturated heterocycles. The van der Waals surface area contributed by atoms with E-state index < -0.39 is 0 Å². The van der Waals surface area contributed by atoms with Crippen molar-refractivity contribution in [2.24, 2.45) is 17.3 Å². The van der Waals surface area contributed by atoms with E-state index in [1.807, 2.05) is 11.3 Å². The van der Waals surface area contributed by atoms with Crippen molar-refractivity contribution >= 4 is 48.1 Å². The van der Waals surface area contributed by atoms with Crippen LogP contribution in [0.2, 0.25) is 0 Å². The summed E-state index contributed by atoms with van der Waals surface area (Å²) >= 11 is 1.99. The van der Waals surface area contributed by atoms with Gasteiger partial charge in [-0.25, -0.2) is 4.57 Å². The van der Waals surface area contributed by atoms with Gasteiger partial charge in [0.2, 0.25) is 0 Å². The molecule has 0 aliphatic carbocycles. The fourth-order valence-electron chi connectivity index (χ4n) is 8.35. The van der Waals surface area contributed by atoms with E-state index in [1.165, 1.54) is 65.0 Å². The normalized spacial score (nSPS) is 20.8. The van der Waals surface area contributed by atoms with Gasteiger partial charge in [-0.1, -0.05) is 91.0 Å². The first-order valence-electron chi connectivity index (χ1n) is 16.9. The van der Waals surface area contributed by atoms with Gasteiger partial charge in [0.1, 0.15) is 11.2 Å². The number of benzene rings is 3. The van der Waals surface area contributed by atoms with E-state index >= 15 is 0 Å². The average Bonchev–Trinajstić information content (AvgIpc) is 3.54. The maximum atomic E-state index is 2.75. The number of hydrogen-bond donors (Lipinski definition) is 0. The summed E-state index contributed by atoms with van der Waals surface area (Å²) in [6.07, 6.45) is 8.92. The van der Waals surface area contributed by atoms with Crippen LogP contribution in [0.15, 0.2) is 72.3 Å². The number of rotatable bonds is 8. The molecule has 3 aromatic carbocycles. The van der Waals surface area contributed by atoms with E-state index in [4.69, 9.17) is 0 Å². The Balaban J connectivity index is 1.88. The molecule has 0 fully saturated rings. The van der Waals surface area contributed by atoms with Crippen LogP contribution in [0.4, 0.5) is 0 Å². The zero-order chi connectivity index (χ0) is 31.6. The Bertz CT molecular complexity index is 1940. The van der Waals surface area contributed by atoms with E-state index in [-0.39, 0.29) is 11.0 Å². The highest BCUT2D eigenvalue weighted by Gasteiger charge is 2.56. The summed E-state index contributed by atoms with van der Waals surface area (Å²) in [6, 6.07) is 20.8. The molecule has 230 valence electrons. The molecule has 2 nitrogen and oxygen atoms in total. The number of fused-ring (bicyclic) bond motifs is 6. The third kappa shape index (κ3) is 4.37. The molecule has 0 spiro atoms. The minimum atomic E-state index is -0.0889. The molecule has 6 rings (SSSR count). The number of imidazole rings is 1. The van der Waals surface area contributed by atoms with Gasteiger partial charge in [0.15, 0.2) is 11.0 Å². The smallest absolute Gasteiger partial charge is 0.217 e. The summed E-state index contributed by atoms with van der Waals surface area (Å²) in [5, 5.41) is 2.82. The molecule has 0 bridgehead atoms. The number of thiophene rings is 1. The lowest BCUT2D eigenvalue weighted by Gasteiger charge is -2.48. The monoisotopic (exact) mass is 603 g/mol. The first-order valence-corrected chi connectivity index (χ1v) is 17.7. The average molecular weight is 604 g/mol. The van der Waals surface area contributed by atoms with Gasteiger partial charge < -0.3 is 0 Å². The van der Waals surface area contributed by atoms with Crippen LogP contribution in [0, 0.1) is 17.3 Å². The van der Waals surface area contributed by atoms with Crippen molar-refractivity contribution in [1.29, 1.82) is 0 Å². The standard InChI is InChI=1S/C41H51N2S/c1-11-18-33-28(8)39-42(34-20-15-16-21-35(34)43(39)41(10,13-3)40(33,9)12-2)37-29(23-26(4)5)25-31-30-19-14-17-22-36(30)44-38(31)32(37)24-27(6)7/h11,14-22,25-27H,12-13,23-24H2,1-10H3/q+1. The van der Waals surface area contributed by atoms with E-state index in [0.717, 1.165) is 25.7 Å². The summed E-state index contributed by atoms with van der Waals surface area (Å²) in [4.78, 5) is 0. The third-order valence-corrected chi connectivity index (χ3v) is 12.1. The minimum absolute atomic E-state index is 0.00191. The minimum Gasteiger partial charge on any atom is -0.217 e. The Hall–Kier alpha value is -3.17. The van der Waals surface area contributed by atoms with Crippen LogP contribution in [-0.4, -0.2) is 4.57 Å². The molecular formula is C41H51N2S+. The van der Waals surface area contributed by atoms with Crippen LogP contribution in [0.1, 0.15) is 99.0 Å². The molecule has 0 saturated carbocycles. The second-order valence-corrected chi connectivity index (χ2v) is 15.4. The lowest BCUT2D eigenvalue weighted by Crippen LogP contribution is -2.66. The molecule has 3 heteroatoms. The van der Waals surface area contributed by atoms with Crippen LogP contribution in [0.3, 0.4) is 0 Å². The van der Waals surface area contributed by atoms with Crippen molar-refractivity contribution in [3.63, 3.8) is 0 Å². The fraction of sp³-hybridized carbons (Fsp3) is 0.439. The van der Waals surface area contributed by atoms with Gasteiger partial charge in [0, 0.05) is 42.3 Å². The summed E-state index contributed by atoms with van der Waals surface area (Å²) in [6.45, 7) is 23.9. The van der Waals surface area contributed by atoms with Crippen LogP contribution in [0.5, 0.6) is 0 Å². The summed E-state index contributed by atoms with van der Waals surface area (Å²) < 4.78 is 8.30. The maximum absolute atomic E-state index is 2.75. The summed E-state index contributed by atoms with van der Waals surface area (Å²) in [5.74, 6) is 2.44. The number of allylic oxidation sites excluding steroid dienone is 4. The highest BCUT2D eigenvalue weighted by molar-refractivity contribution is 7.26. The zero-order valence-corrected chi connectivity index (χ0v) is 29.5. The van der Waals surface area contributed by atoms with Gasteiger partial charge in [-0.05, 0) is 88.1 Å². The van der Waals surface area contributed by atoms with E-state index in [9.17, 15) is 0 Å². The van der Waals surface area contributed by atoms with Gasteiger partial charge in [0.25, 0.3) is 5.82 Å². The first-order chi connectivity index (χ1) is 21.0. The molecule has 3 heterocycles. The second-order valence-electron chi connectivity index (χ2n) is 14.4. The van der Waals surface area contributed by atoms with Crippen LogP contribution in [0.25, 0.3) is 42.5 Å². The van der Waals surface area contributed by atoms with E-state index in [1.54, 1.807) is 0 Å². The Morgan fingerprint density at radius 1 is 0.886 bits per heavy atom. The van der Waals surface area contributed by atoms with Gasteiger partial charge in [-0.3, -0.25) is 0 Å². The van der Waals surface area contributed by atoms with E-state index in [0.29, 0.717) is 11.8 Å². The molecule has 44 heavy (non-hydrogen) atoms. The van der Waals surface area contributed by atoms with Gasteiger partial charge in [0.05, 0.1) is 0 Å². The zero-order valence-electron chi connectivity index (χ0n) is 28.6. The van der Waals surface area contributed by atoms with Crippen molar-refractivity contribution in [1.82, 2.24) is 4.57 Å². The molecule has 0 amide bonds. The Kier molecular flexibility index (Phi) is 7.94. The largest absolute Gasteiger partial charge is 0.291 e. The Labute approximate surface area is 269 Å². The van der Waals surface area contributed by atoms with Gasteiger partial charge in [-0.15, -0.1) is 11.3 Å². The topological polar surface area (TPSA) is 8.81 Å². The third-order valence-electron chi connectivity index (χ3n) is 10.8. The fourth-order valence-corrected chi connectivity index (χ4v) is 9.58. The predicted octanol–water partition coefficient (Wildman–Crippen LogP) is 11.6. The molecule has 1 aliphatic heterocycles. The predicted molar refractivity (Wildman–Crippen MR) is 193 cm³/mol. The molecule has 0 N–H and O–H groups in total. The Morgan fingerprint density at radius 3 is 2.23 bits per heavy atom. The highest BCUT2D eigenvalue weighted by Crippen LogP contribution is 2.53. The number of aromatic nitrogens is 2. The Morgan fingerprint density at radius 2 is 1.57 bits per heavy atom. The van der Waals surface area contributed by atoms with Crippen molar-refractivity contribution in [3.8, 4) is 5.69 Å².